The molecule has 12 heteroatoms. The Hall–Kier alpha value is -2.99. The van der Waals surface area contributed by atoms with Crippen LogP contribution in [0.5, 0.6) is 0 Å². The number of rotatable bonds is 9. The Morgan fingerprint density at radius 2 is 2.06 bits per heavy atom. The molecular weight excluding hydrogens is 473 g/mol. The molecule has 3 aromatic heterocycles. The number of aryl methyl sites for hydroxylation is 1. The van der Waals surface area contributed by atoms with Crippen LogP contribution in [0.1, 0.15) is 44.4 Å². The summed E-state index contributed by atoms with van der Waals surface area (Å²) in [5.74, 6) is 1.75. The first-order chi connectivity index (χ1) is 17.1. The number of ether oxygens (including phenoxy) is 1. The maximum Gasteiger partial charge on any atom is 0.411 e. The van der Waals surface area contributed by atoms with E-state index in [0.717, 1.165) is 37.3 Å². The van der Waals surface area contributed by atoms with Crippen molar-refractivity contribution in [2.75, 3.05) is 43.1 Å². The van der Waals surface area contributed by atoms with E-state index in [0.29, 0.717) is 34.7 Å². The van der Waals surface area contributed by atoms with Crippen LogP contribution in [0, 0.1) is 6.92 Å². The lowest BCUT2D eigenvalue weighted by Gasteiger charge is -2.33. The molecule has 1 atom stereocenters. The van der Waals surface area contributed by atoms with Gasteiger partial charge in [-0.15, -0.1) is 0 Å². The van der Waals surface area contributed by atoms with Gasteiger partial charge in [0.2, 0.25) is 5.95 Å². The zero-order valence-corrected chi connectivity index (χ0v) is 21.1. The number of aromatic nitrogens is 5. The Morgan fingerprint density at radius 3 is 2.72 bits per heavy atom. The predicted octanol–water partition coefficient (Wildman–Crippen LogP) is 4.16. The quantitative estimate of drug-likeness (QED) is 0.418. The highest BCUT2D eigenvalue weighted by molar-refractivity contribution is 5.90. The monoisotopic (exact) mass is 506 g/mol. The molecule has 0 unspecified atom stereocenters. The molecule has 2 N–H and O–H groups in total. The van der Waals surface area contributed by atoms with E-state index in [-0.39, 0.29) is 19.1 Å². The lowest BCUT2D eigenvalue weighted by Crippen LogP contribution is -2.51. The maximum atomic E-state index is 12.6. The Morgan fingerprint density at radius 1 is 1.25 bits per heavy atom. The van der Waals surface area contributed by atoms with Crippen LogP contribution in [-0.2, 0) is 11.3 Å². The standard InChI is InChI=1S/C24H33F3N8O/c1-5-17-13-34(9-8-28-17)23-31-20-19(15(2)3)33-35(10-11-36-14-24(25,26)27)21(20)22(32-23)30-18-7-6-16(4)12-29-18/h6-7,12,15,17,28H,5,8-11,13-14H2,1-4H3,(H,29,30,31,32)/t17-/m0/s1. The first-order valence-electron chi connectivity index (χ1n) is 12.3. The third-order valence-electron chi connectivity index (χ3n) is 6.05. The molecule has 1 fully saturated rings. The van der Waals surface area contributed by atoms with Gasteiger partial charge in [-0.3, -0.25) is 4.68 Å². The van der Waals surface area contributed by atoms with Gasteiger partial charge in [0.05, 0.1) is 18.8 Å². The zero-order valence-electron chi connectivity index (χ0n) is 21.1. The van der Waals surface area contributed by atoms with Crippen molar-refractivity contribution >= 4 is 28.6 Å². The number of nitrogens with one attached hydrogen (secondary N) is 2. The summed E-state index contributed by atoms with van der Waals surface area (Å²) in [6, 6.07) is 4.14. The summed E-state index contributed by atoms with van der Waals surface area (Å²) in [4.78, 5) is 16.4. The highest BCUT2D eigenvalue weighted by Crippen LogP contribution is 2.31. The zero-order chi connectivity index (χ0) is 25.9. The van der Waals surface area contributed by atoms with E-state index in [1.807, 2.05) is 32.9 Å². The average molecular weight is 507 g/mol. The number of anilines is 3. The van der Waals surface area contributed by atoms with Crippen molar-refractivity contribution < 1.29 is 17.9 Å². The number of pyridine rings is 1. The van der Waals surface area contributed by atoms with Crippen LogP contribution in [-0.4, -0.2) is 69.8 Å². The Kier molecular flexibility index (Phi) is 7.94. The van der Waals surface area contributed by atoms with Crippen molar-refractivity contribution in [3.05, 3.63) is 29.6 Å². The van der Waals surface area contributed by atoms with Gasteiger partial charge in [0.15, 0.2) is 5.82 Å². The molecule has 4 heterocycles. The fourth-order valence-corrected chi connectivity index (χ4v) is 4.16. The van der Waals surface area contributed by atoms with Crippen molar-refractivity contribution in [2.24, 2.45) is 0 Å². The lowest BCUT2D eigenvalue weighted by molar-refractivity contribution is -0.174. The van der Waals surface area contributed by atoms with Gasteiger partial charge in [0, 0.05) is 31.9 Å². The molecule has 0 aromatic carbocycles. The summed E-state index contributed by atoms with van der Waals surface area (Å²) < 4.78 is 44.2. The third kappa shape index (κ3) is 6.22. The van der Waals surface area contributed by atoms with E-state index in [2.05, 4.69) is 27.4 Å². The van der Waals surface area contributed by atoms with Gasteiger partial charge in [0.1, 0.15) is 23.5 Å². The molecule has 0 saturated carbocycles. The number of piperazine rings is 1. The number of hydrogen-bond donors (Lipinski definition) is 2. The summed E-state index contributed by atoms with van der Waals surface area (Å²) in [5.41, 5.74) is 3.07. The van der Waals surface area contributed by atoms with Gasteiger partial charge in [-0.2, -0.15) is 23.3 Å². The van der Waals surface area contributed by atoms with E-state index < -0.39 is 12.8 Å². The molecule has 196 valence electrons. The SMILES string of the molecule is CC[C@H]1CN(c2nc(Nc3ccc(C)cn3)c3c(n2)c(C(C)C)nn3CCOCC(F)(F)F)CCN1. The van der Waals surface area contributed by atoms with Crippen LogP contribution in [0.2, 0.25) is 0 Å². The highest BCUT2D eigenvalue weighted by Gasteiger charge is 2.28. The minimum Gasteiger partial charge on any atom is -0.370 e. The van der Waals surface area contributed by atoms with E-state index in [1.54, 1.807) is 10.9 Å². The van der Waals surface area contributed by atoms with Gasteiger partial charge in [-0.05, 0) is 30.9 Å². The molecule has 9 nitrogen and oxygen atoms in total. The van der Waals surface area contributed by atoms with Gasteiger partial charge in [-0.1, -0.05) is 26.8 Å². The second-order valence-corrected chi connectivity index (χ2v) is 9.35. The fraction of sp³-hybridized carbons (Fsp3) is 0.583. The van der Waals surface area contributed by atoms with Gasteiger partial charge in [0.25, 0.3) is 0 Å². The van der Waals surface area contributed by atoms with Gasteiger partial charge < -0.3 is 20.3 Å². The molecule has 0 aliphatic carbocycles. The van der Waals surface area contributed by atoms with E-state index in [4.69, 9.17) is 19.8 Å². The molecule has 1 saturated heterocycles. The highest BCUT2D eigenvalue weighted by atomic mass is 19.4. The van der Waals surface area contributed by atoms with E-state index in [9.17, 15) is 13.2 Å². The third-order valence-corrected chi connectivity index (χ3v) is 6.05. The van der Waals surface area contributed by atoms with Crippen LogP contribution in [0.4, 0.5) is 30.8 Å². The molecule has 0 bridgehead atoms. The molecule has 0 radical (unpaired) electrons. The minimum absolute atomic E-state index is 0.0457. The Balaban J connectivity index is 1.76. The molecule has 0 spiro atoms. The molecule has 0 amide bonds. The van der Waals surface area contributed by atoms with Crippen molar-refractivity contribution in [1.82, 2.24) is 30.0 Å². The second kappa shape index (κ2) is 11.0. The second-order valence-electron chi connectivity index (χ2n) is 9.35. The summed E-state index contributed by atoms with van der Waals surface area (Å²) in [5, 5.41) is 11.5. The van der Waals surface area contributed by atoms with E-state index in [1.165, 1.54) is 0 Å². The number of hydrogen-bond acceptors (Lipinski definition) is 8. The van der Waals surface area contributed by atoms with Crippen molar-refractivity contribution in [3.63, 3.8) is 0 Å². The van der Waals surface area contributed by atoms with Crippen LogP contribution < -0.4 is 15.5 Å². The smallest absolute Gasteiger partial charge is 0.370 e. The average Bonchev–Trinajstić information content (AvgIpc) is 3.22. The van der Waals surface area contributed by atoms with Crippen molar-refractivity contribution in [3.8, 4) is 0 Å². The molecule has 36 heavy (non-hydrogen) atoms. The summed E-state index contributed by atoms with van der Waals surface area (Å²) in [7, 11) is 0. The predicted molar refractivity (Wildman–Crippen MR) is 133 cm³/mol. The molecule has 3 aromatic rings. The molecular formula is C24H33F3N8O. The first-order valence-corrected chi connectivity index (χ1v) is 12.3. The minimum atomic E-state index is -4.38. The normalized spacial score (nSPS) is 16.8. The first kappa shape index (κ1) is 26.1. The van der Waals surface area contributed by atoms with Crippen LogP contribution >= 0.6 is 0 Å². The Labute approximate surface area is 208 Å². The van der Waals surface area contributed by atoms with Gasteiger partial charge in [-0.25, -0.2) is 9.97 Å². The maximum absolute atomic E-state index is 12.6. The molecule has 4 rings (SSSR count). The topological polar surface area (TPSA) is 93.0 Å². The van der Waals surface area contributed by atoms with E-state index >= 15 is 0 Å². The summed E-state index contributed by atoms with van der Waals surface area (Å²) in [6.45, 7) is 9.18. The molecule has 1 aliphatic heterocycles. The van der Waals surface area contributed by atoms with Crippen LogP contribution in [0.25, 0.3) is 11.0 Å². The van der Waals surface area contributed by atoms with Crippen molar-refractivity contribution in [2.45, 2.75) is 58.8 Å². The largest absolute Gasteiger partial charge is 0.411 e. The number of alkyl halides is 3. The summed E-state index contributed by atoms with van der Waals surface area (Å²) >= 11 is 0. The fourth-order valence-electron chi connectivity index (χ4n) is 4.16. The van der Waals surface area contributed by atoms with Crippen LogP contribution in [0.3, 0.4) is 0 Å². The number of nitrogens with zero attached hydrogens (tertiary/aromatic N) is 6. The van der Waals surface area contributed by atoms with Gasteiger partial charge >= 0.3 is 6.18 Å². The lowest BCUT2D eigenvalue weighted by atomic mass is 10.1. The van der Waals surface area contributed by atoms with Crippen molar-refractivity contribution in [1.29, 1.82) is 0 Å². The summed E-state index contributed by atoms with van der Waals surface area (Å²) in [6.07, 6.45) is -1.63. The Bertz CT molecular complexity index is 1160. The number of fused-ring (bicyclic) bond motifs is 1. The molecule has 1 aliphatic rings. The number of halogens is 3. The van der Waals surface area contributed by atoms with Crippen LogP contribution in [0.15, 0.2) is 18.3 Å².